The van der Waals surface area contributed by atoms with Gasteiger partial charge < -0.3 is 5.73 Å². The summed E-state index contributed by atoms with van der Waals surface area (Å²) in [4.78, 5) is 0.339. The molecule has 2 unspecified atom stereocenters. The average Bonchev–Trinajstić information content (AvgIpc) is 2.38. The zero-order chi connectivity index (χ0) is 14.9. The van der Waals surface area contributed by atoms with Gasteiger partial charge in [0.25, 0.3) is 0 Å². The van der Waals surface area contributed by atoms with E-state index < -0.39 is 10.0 Å². The van der Waals surface area contributed by atoms with Crippen LogP contribution in [0.2, 0.25) is 5.02 Å². The molecule has 2 N–H and O–H groups in total. The van der Waals surface area contributed by atoms with Gasteiger partial charge in [-0.25, -0.2) is 8.42 Å². The van der Waals surface area contributed by atoms with E-state index in [4.69, 9.17) is 17.3 Å². The fraction of sp³-hybridized carbons (Fsp3) is 0.571. The molecule has 1 fully saturated rings. The van der Waals surface area contributed by atoms with E-state index in [0.29, 0.717) is 28.6 Å². The van der Waals surface area contributed by atoms with Crippen molar-refractivity contribution in [2.45, 2.75) is 37.6 Å². The van der Waals surface area contributed by atoms with Gasteiger partial charge in [0.15, 0.2) is 0 Å². The molecule has 0 bridgehead atoms. The molecule has 1 aliphatic heterocycles. The number of halogens is 1. The Bertz CT molecular complexity index is 589. The zero-order valence-electron chi connectivity index (χ0n) is 11.8. The van der Waals surface area contributed by atoms with Gasteiger partial charge in [0.1, 0.15) is 0 Å². The molecular formula is C14H21ClN2O2S. The first-order valence-electron chi connectivity index (χ1n) is 6.84. The Labute approximate surface area is 126 Å². The highest BCUT2D eigenvalue weighted by molar-refractivity contribution is 7.89. The van der Waals surface area contributed by atoms with Gasteiger partial charge in [-0.3, -0.25) is 0 Å². The molecule has 112 valence electrons. The minimum atomic E-state index is -3.48. The molecule has 0 saturated carbocycles. The van der Waals surface area contributed by atoms with Gasteiger partial charge in [-0.2, -0.15) is 4.31 Å². The highest BCUT2D eigenvalue weighted by atomic mass is 35.5. The maximum absolute atomic E-state index is 12.8. The van der Waals surface area contributed by atoms with Crippen molar-refractivity contribution < 1.29 is 8.42 Å². The van der Waals surface area contributed by atoms with Crippen LogP contribution in [0.3, 0.4) is 0 Å². The summed E-state index contributed by atoms with van der Waals surface area (Å²) in [6.07, 6.45) is 1.84. The van der Waals surface area contributed by atoms with Gasteiger partial charge in [0.05, 0.1) is 4.90 Å². The van der Waals surface area contributed by atoms with Crippen molar-refractivity contribution in [1.29, 1.82) is 0 Å². The molecular weight excluding hydrogens is 296 g/mol. The Morgan fingerprint density at radius 1 is 1.40 bits per heavy atom. The molecule has 20 heavy (non-hydrogen) atoms. The van der Waals surface area contributed by atoms with Crippen molar-refractivity contribution in [1.82, 2.24) is 4.31 Å². The monoisotopic (exact) mass is 316 g/mol. The van der Waals surface area contributed by atoms with Crippen LogP contribution in [0.5, 0.6) is 0 Å². The number of rotatable bonds is 3. The van der Waals surface area contributed by atoms with Gasteiger partial charge >= 0.3 is 0 Å². The third-order valence-electron chi connectivity index (χ3n) is 3.98. The number of piperidine rings is 1. The van der Waals surface area contributed by atoms with Crippen LogP contribution < -0.4 is 5.73 Å². The standard InChI is InChI=1S/C14H21ClN2O2S/c1-10-7-13(15)5-6-14(10)20(18,19)17-9-12(8-16)4-3-11(17)2/h5-7,11-12H,3-4,8-9,16H2,1-2H3. The molecule has 0 aromatic heterocycles. The van der Waals surface area contributed by atoms with Crippen molar-refractivity contribution in [3.8, 4) is 0 Å². The number of hydrogen-bond acceptors (Lipinski definition) is 3. The molecule has 1 aromatic rings. The summed E-state index contributed by atoms with van der Waals surface area (Å²) in [5.41, 5.74) is 6.38. The normalized spacial score (nSPS) is 24.8. The largest absolute Gasteiger partial charge is 0.330 e. The van der Waals surface area contributed by atoms with E-state index in [1.165, 1.54) is 0 Å². The van der Waals surface area contributed by atoms with Gasteiger partial charge in [-0.15, -0.1) is 0 Å². The SMILES string of the molecule is Cc1cc(Cl)ccc1S(=O)(=O)N1CC(CN)CCC1C. The number of benzene rings is 1. The number of nitrogens with zero attached hydrogens (tertiary/aromatic N) is 1. The molecule has 1 heterocycles. The summed E-state index contributed by atoms with van der Waals surface area (Å²) in [6, 6.07) is 4.91. The third kappa shape index (κ3) is 3.01. The lowest BCUT2D eigenvalue weighted by Gasteiger charge is -2.36. The molecule has 1 aliphatic rings. The van der Waals surface area contributed by atoms with Gasteiger partial charge in [0, 0.05) is 17.6 Å². The van der Waals surface area contributed by atoms with Gasteiger partial charge in [-0.1, -0.05) is 11.6 Å². The molecule has 6 heteroatoms. The van der Waals surface area contributed by atoms with Crippen LogP contribution in [0.25, 0.3) is 0 Å². The number of sulfonamides is 1. The van der Waals surface area contributed by atoms with Crippen LogP contribution in [-0.2, 0) is 10.0 Å². The number of hydrogen-bond donors (Lipinski definition) is 1. The summed E-state index contributed by atoms with van der Waals surface area (Å²) in [5.74, 6) is 0.244. The second-order valence-corrected chi connectivity index (χ2v) is 7.81. The van der Waals surface area contributed by atoms with E-state index in [9.17, 15) is 8.42 Å². The molecule has 2 rings (SSSR count). The minimum Gasteiger partial charge on any atom is -0.330 e. The second kappa shape index (κ2) is 6.02. The Kier molecular flexibility index (Phi) is 4.74. The first-order chi connectivity index (χ1) is 9.36. The summed E-state index contributed by atoms with van der Waals surface area (Å²) < 4.78 is 27.3. The second-order valence-electron chi connectivity index (χ2n) is 5.51. The Balaban J connectivity index is 2.38. The number of aryl methyl sites for hydroxylation is 1. The van der Waals surface area contributed by atoms with Gasteiger partial charge in [-0.05, 0) is 62.9 Å². The van der Waals surface area contributed by atoms with E-state index >= 15 is 0 Å². The fourth-order valence-corrected chi connectivity index (χ4v) is 4.87. The molecule has 0 amide bonds. The first-order valence-corrected chi connectivity index (χ1v) is 8.66. The summed E-state index contributed by atoms with van der Waals surface area (Å²) in [7, 11) is -3.48. The lowest BCUT2D eigenvalue weighted by molar-refractivity contribution is 0.211. The topological polar surface area (TPSA) is 63.4 Å². The molecule has 4 nitrogen and oxygen atoms in total. The highest BCUT2D eigenvalue weighted by Crippen LogP contribution is 2.30. The molecule has 0 spiro atoms. The van der Waals surface area contributed by atoms with Crippen molar-refractivity contribution in [2.75, 3.05) is 13.1 Å². The summed E-state index contributed by atoms with van der Waals surface area (Å²) in [6.45, 7) is 4.75. The van der Waals surface area contributed by atoms with E-state index in [2.05, 4.69) is 0 Å². The predicted octanol–water partition coefficient (Wildman–Crippen LogP) is 2.40. The van der Waals surface area contributed by atoms with Gasteiger partial charge in [0.2, 0.25) is 10.0 Å². The lowest BCUT2D eigenvalue weighted by atomic mass is 9.96. The van der Waals surface area contributed by atoms with Crippen molar-refractivity contribution in [2.24, 2.45) is 11.7 Å². The molecule has 1 aromatic carbocycles. The maximum atomic E-state index is 12.8. The predicted molar refractivity (Wildman–Crippen MR) is 81.3 cm³/mol. The Hall–Kier alpha value is -0.620. The quantitative estimate of drug-likeness (QED) is 0.931. The van der Waals surface area contributed by atoms with Crippen LogP contribution in [-0.4, -0.2) is 31.9 Å². The van der Waals surface area contributed by atoms with Crippen molar-refractivity contribution in [3.05, 3.63) is 28.8 Å². The summed E-state index contributed by atoms with van der Waals surface area (Å²) in [5, 5.41) is 0.549. The first kappa shape index (κ1) is 15.8. The zero-order valence-corrected chi connectivity index (χ0v) is 13.4. The van der Waals surface area contributed by atoms with Crippen molar-refractivity contribution >= 4 is 21.6 Å². The minimum absolute atomic E-state index is 0.0119. The van der Waals surface area contributed by atoms with Crippen LogP contribution in [0.15, 0.2) is 23.1 Å². The highest BCUT2D eigenvalue weighted by Gasteiger charge is 2.35. The molecule has 0 radical (unpaired) electrons. The van der Waals surface area contributed by atoms with Crippen LogP contribution in [0.1, 0.15) is 25.3 Å². The average molecular weight is 317 g/mol. The van der Waals surface area contributed by atoms with E-state index in [1.54, 1.807) is 29.4 Å². The van der Waals surface area contributed by atoms with Crippen molar-refractivity contribution in [3.63, 3.8) is 0 Å². The lowest BCUT2D eigenvalue weighted by Crippen LogP contribution is -2.47. The summed E-state index contributed by atoms with van der Waals surface area (Å²) >= 11 is 5.90. The Morgan fingerprint density at radius 2 is 2.10 bits per heavy atom. The smallest absolute Gasteiger partial charge is 0.243 e. The third-order valence-corrected chi connectivity index (χ3v) is 6.35. The maximum Gasteiger partial charge on any atom is 0.243 e. The Morgan fingerprint density at radius 3 is 2.70 bits per heavy atom. The van der Waals surface area contributed by atoms with Crippen LogP contribution in [0, 0.1) is 12.8 Å². The van der Waals surface area contributed by atoms with Crippen LogP contribution in [0.4, 0.5) is 0 Å². The molecule has 1 saturated heterocycles. The van der Waals surface area contributed by atoms with E-state index in [0.717, 1.165) is 12.8 Å². The van der Waals surface area contributed by atoms with E-state index in [1.807, 2.05) is 6.92 Å². The van der Waals surface area contributed by atoms with E-state index in [-0.39, 0.29) is 12.0 Å². The number of nitrogens with two attached hydrogens (primary N) is 1. The molecule has 0 aliphatic carbocycles. The van der Waals surface area contributed by atoms with Crippen LogP contribution >= 0.6 is 11.6 Å². The fourth-order valence-electron chi connectivity index (χ4n) is 2.70. The molecule has 2 atom stereocenters.